The second kappa shape index (κ2) is 10.1. The van der Waals surface area contributed by atoms with Gasteiger partial charge in [-0.2, -0.15) is 11.8 Å². The van der Waals surface area contributed by atoms with Crippen LogP contribution in [0.2, 0.25) is 0 Å². The second-order valence-electron chi connectivity index (χ2n) is 7.22. The molecule has 6 nitrogen and oxygen atoms in total. The zero-order valence-electron chi connectivity index (χ0n) is 16.7. The van der Waals surface area contributed by atoms with E-state index < -0.39 is 0 Å². The van der Waals surface area contributed by atoms with Crippen molar-refractivity contribution in [3.05, 3.63) is 57.0 Å². The van der Waals surface area contributed by atoms with Crippen LogP contribution in [0.4, 0.5) is 0 Å². The summed E-state index contributed by atoms with van der Waals surface area (Å²) >= 11 is 3.27. The van der Waals surface area contributed by atoms with Gasteiger partial charge in [-0.25, -0.2) is 4.98 Å². The highest BCUT2D eigenvalue weighted by atomic mass is 32.2. The number of thioether (sulfide) groups is 1. The van der Waals surface area contributed by atoms with Crippen LogP contribution in [-0.2, 0) is 23.4 Å². The van der Waals surface area contributed by atoms with E-state index in [1.807, 2.05) is 30.3 Å². The lowest BCUT2D eigenvalue weighted by molar-refractivity contribution is -0.120. The van der Waals surface area contributed by atoms with Gasteiger partial charge in [0, 0.05) is 17.1 Å². The van der Waals surface area contributed by atoms with Gasteiger partial charge in [0.05, 0.1) is 17.7 Å². The number of ether oxygens (including phenoxy) is 1. The number of nitrogens with one attached hydrogen (secondary N) is 2. The van der Waals surface area contributed by atoms with E-state index in [4.69, 9.17) is 4.74 Å². The fourth-order valence-electron chi connectivity index (χ4n) is 3.57. The number of rotatable bonds is 9. The summed E-state index contributed by atoms with van der Waals surface area (Å²) in [6.45, 7) is 0.922. The van der Waals surface area contributed by atoms with E-state index in [0.29, 0.717) is 36.9 Å². The topological polar surface area (TPSA) is 84.1 Å². The number of benzene rings is 1. The van der Waals surface area contributed by atoms with Crippen LogP contribution in [0.3, 0.4) is 0 Å². The van der Waals surface area contributed by atoms with Crippen molar-refractivity contribution in [2.45, 2.75) is 37.9 Å². The molecule has 2 aromatic heterocycles. The number of nitrogens with zero attached hydrogens (tertiary/aromatic N) is 1. The van der Waals surface area contributed by atoms with E-state index >= 15 is 0 Å². The molecular formula is C22H25N3O3S2. The number of aromatic amines is 1. The highest BCUT2D eigenvalue weighted by Gasteiger charge is 2.19. The molecule has 0 spiro atoms. The number of aryl methyl sites for hydroxylation is 2. The molecule has 1 amide bonds. The Kier molecular flexibility index (Phi) is 7.07. The molecule has 2 N–H and O–H groups in total. The van der Waals surface area contributed by atoms with Gasteiger partial charge >= 0.3 is 0 Å². The Hall–Kier alpha value is -2.32. The molecule has 158 valence electrons. The van der Waals surface area contributed by atoms with Gasteiger partial charge in [0.2, 0.25) is 5.91 Å². The summed E-state index contributed by atoms with van der Waals surface area (Å²) in [7, 11) is 0. The van der Waals surface area contributed by atoms with E-state index in [1.54, 1.807) is 23.1 Å². The number of aromatic nitrogens is 2. The van der Waals surface area contributed by atoms with Crippen LogP contribution in [-0.4, -0.2) is 34.8 Å². The van der Waals surface area contributed by atoms with Crippen LogP contribution in [0.15, 0.2) is 35.1 Å². The first-order valence-electron chi connectivity index (χ1n) is 10.3. The SMILES string of the molecule is O=C(CCSCc1nc2sc3c(c2c(=O)[nH]1)CCCC3)NCCOc1ccccc1. The smallest absolute Gasteiger partial charge is 0.259 e. The number of carbonyl (C=O) groups excluding carboxylic acids is 1. The highest BCUT2D eigenvalue weighted by molar-refractivity contribution is 7.98. The van der Waals surface area contributed by atoms with Crippen molar-refractivity contribution in [3.63, 3.8) is 0 Å². The molecule has 0 bridgehead atoms. The van der Waals surface area contributed by atoms with Gasteiger partial charge in [-0.3, -0.25) is 9.59 Å². The van der Waals surface area contributed by atoms with Crippen molar-refractivity contribution in [1.82, 2.24) is 15.3 Å². The Balaban J connectivity index is 1.19. The Morgan fingerprint density at radius 2 is 2.07 bits per heavy atom. The predicted octanol–water partition coefficient (Wildman–Crippen LogP) is 3.68. The summed E-state index contributed by atoms with van der Waals surface area (Å²) in [6.07, 6.45) is 4.82. The molecule has 0 saturated carbocycles. The average molecular weight is 444 g/mol. The van der Waals surface area contributed by atoms with Gasteiger partial charge in [-0.15, -0.1) is 11.3 Å². The van der Waals surface area contributed by atoms with Crippen molar-refractivity contribution in [2.24, 2.45) is 0 Å². The molecule has 4 rings (SSSR count). The molecule has 0 radical (unpaired) electrons. The fourth-order valence-corrected chi connectivity index (χ4v) is 5.66. The van der Waals surface area contributed by atoms with Crippen molar-refractivity contribution >= 4 is 39.2 Å². The molecule has 0 unspecified atom stereocenters. The van der Waals surface area contributed by atoms with Gasteiger partial charge in [-0.1, -0.05) is 18.2 Å². The summed E-state index contributed by atoms with van der Waals surface area (Å²) in [5.41, 5.74) is 1.19. The molecule has 1 aliphatic carbocycles. The Labute approximate surface area is 183 Å². The van der Waals surface area contributed by atoms with E-state index in [-0.39, 0.29) is 11.5 Å². The highest BCUT2D eigenvalue weighted by Crippen LogP contribution is 2.33. The molecule has 1 aromatic carbocycles. The van der Waals surface area contributed by atoms with Crippen molar-refractivity contribution in [2.75, 3.05) is 18.9 Å². The number of para-hydroxylation sites is 1. The molecule has 0 aliphatic heterocycles. The van der Waals surface area contributed by atoms with E-state index in [1.165, 1.54) is 16.9 Å². The maximum atomic E-state index is 12.5. The first-order valence-corrected chi connectivity index (χ1v) is 12.2. The van der Waals surface area contributed by atoms with Crippen LogP contribution in [0.1, 0.15) is 35.5 Å². The Morgan fingerprint density at radius 1 is 1.23 bits per heavy atom. The van der Waals surface area contributed by atoms with Gasteiger partial charge in [0.25, 0.3) is 5.56 Å². The summed E-state index contributed by atoms with van der Waals surface area (Å²) in [5.74, 6) is 2.76. The minimum Gasteiger partial charge on any atom is -0.492 e. The predicted molar refractivity (Wildman–Crippen MR) is 123 cm³/mol. The standard InChI is InChI=1S/C22H25N3O3S2/c26-19(23-11-12-28-15-6-2-1-3-7-15)10-13-29-14-18-24-21(27)20-16-8-4-5-9-17(16)30-22(20)25-18/h1-3,6-7H,4-5,8-14H2,(H,23,26)(H,24,25,27). The number of hydrogen-bond donors (Lipinski definition) is 2. The maximum absolute atomic E-state index is 12.5. The van der Waals surface area contributed by atoms with Gasteiger partial charge < -0.3 is 15.0 Å². The number of thiophene rings is 1. The second-order valence-corrected chi connectivity index (χ2v) is 9.41. The quantitative estimate of drug-likeness (QED) is 0.493. The molecule has 30 heavy (non-hydrogen) atoms. The minimum absolute atomic E-state index is 0.00185. The normalized spacial score (nSPS) is 13.2. The van der Waals surface area contributed by atoms with Gasteiger partial charge in [0.15, 0.2) is 0 Å². The molecule has 0 fully saturated rings. The zero-order valence-corrected chi connectivity index (χ0v) is 18.4. The average Bonchev–Trinajstić information content (AvgIpc) is 3.14. The lowest BCUT2D eigenvalue weighted by Gasteiger charge is -2.09. The summed E-state index contributed by atoms with van der Waals surface area (Å²) < 4.78 is 5.56. The number of amides is 1. The lowest BCUT2D eigenvalue weighted by atomic mass is 9.97. The van der Waals surface area contributed by atoms with E-state index in [0.717, 1.165) is 35.2 Å². The fraction of sp³-hybridized carbons (Fsp3) is 0.409. The Morgan fingerprint density at radius 3 is 2.93 bits per heavy atom. The molecular weight excluding hydrogens is 418 g/mol. The largest absolute Gasteiger partial charge is 0.492 e. The minimum atomic E-state index is -0.0221. The number of carbonyl (C=O) groups is 1. The van der Waals surface area contributed by atoms with Crippen molar-refractivity contribution in [3.8, 4) is 5.75 Å². The zero-order chi connectivity index (χ0) is 20.8. The van der Waals surface area contributed by atoms with Crippen LogP contribution in [0, 0.1) is 0 Å². The third kappa shape index (κ3) is 5.23. The maximum Gasteiger partial charge on any atom is 0.259 e. The first-order chi connectivity index (χ1) is 14.7. The third-order valence-electron chi connectivity index (χ3n) is 5.02. The summed E-state index contributed by atoms with van der Waals surface area (Å²) in [5, 5.41) is 3.66. The molecule has 2 heterocycles. The van der Waals surface area contributed by atoms with E-state index in [9.17, 15) is 9.59 Å². The number of fused-ring (bicyclic) bond motifs is 3. The number of H-pyrrole nitrogens is 1. The summed E-state index contributed by atoms with van der Waals surface area (Å²) in [6, 6.07) is 9.54. The molecule has 1 aliphatic rings. The number of hydrogen-bond acceptors (Lipinski definition) is 6. The molecule has 0 saturated heterocycles. The lowest BCUT2D eigenvalue weighted by Crippen LogP contribution is -2.28. The molecule has 0 atom stereocenters. The van der Waals surface area contributed by atoms with Crippen LogP contribution in [0.5, 0.6) is 5.75 Å². The van der Waals surface area contributed by atoms with Crippen molar-refractivity contribution in [1.29, 1.82) is 0 Å². The van der Waals surface area contributed by atoms with Gasteiger partial charge in [-0.05, 0) is 43.4 Å². The third-order valence-corrected chi connectivity index (χ3v) is 7.18. The monoisotopic (exact) mass is 443 g/mol. The molecule has 8 heteroatoms. The Bertz CT molecular complexity index is 1060. The van der Waals surface area contributed by atoms with Crippen LogP contribution >= 0.6 is 23.1 Å². The summed E-state index contributed by atoms with van der Waals surface area (Å²) in [4.78, 5) is 34.3. The van der Waals surface area contributed by atoms with Gasteiger partial charge in [0.1, 0.15) is 23.0 Å². The first kappa shape index (κ1) is 20.9. The van der Waals surface area contributed by atoms with Crippen molar-refractivity contribution < 1.29 is 9.53 Å². The molecule has 3 aromatic rings. The van der Waals surface area contributed by atoms with Crippen LogP contribution in [0.25, 0.3) is 10.2 Å². The van der Waals surface area contributed by atoms with Crippen LogP contribution < -0.4 is 15.6 Å². The van der Waals surface area contributed by atoms with E-state index in [2.05, 4.69) is 15.3 Å².